The fraction of sp³-hybridized carbons (Fsp3) is 0.276. The van der Waals surface area contributed by atoms with Crippen LogP contribution in [0.3, 0.4) is 0 Å². The van der Waals surface area contributed by atoms with Crippen LogP contribution in [0.2, 0.25) is 0 Å². The van der Waals surface area contributed by atoms with Gasteiger partial charge >= 0.3 is 5.97 Å². The molecule has 2 aromatic carbocycles. The van der Waals surface area contributed by atoms with Gasteiger partial charge in [-0.15, -0.1) is 0 Å². The Bertz CT molecular complexity index is 1350. The molecular formula is C29H29BrN4O5. The molecule has 0 saturated carbocycles. The number of rotatable bonds is 7. The van der Waals surface area contributed by atoms with E-state index in [1.165, 1.54) is 16.0 Å². The number of carbonyl (C=O) groups excluding carboxylic acids is 3. The standard InChI is InChI=1S/C29H29BrN4O5/c1-18-6-3-8-20(12-18)24(15-25(35)36)32-26(37)27-33(28(38)21-9-4-7-19(2)13-21)10-5-11-34(27)29(39)22-14-23(30)17-31-16-22/h3-4,6-9,12-14,16-17,24,27H,5,10-11,15H2,1-2H3,(H,32,37)(H,35,36). The Morgan fingerprint density at radius 1 is 0.949 bits per heavy atom. The van der Waals surface area contributed by atoms with Crippen molar-refractivity contribution in [2.75, 3.05) is 13.1 Å². The minimum Gasteiger partial charge on any atom is -0.481 e. The zero-order valence-electron chi connectivity index (χ0n) is 21.6. The van der Waals surface area contributed by atoms with Gasteiger partial charge in [0.1, 0.15) is 0 Å². The van der Waals surface area contributed by atoms with Crippen LogP contribution in [0.4, 0.5) is 0 Å². The van der Waals surface area contributed by atoms with Crippen molar-refractivity contribution in [2.24, 2.45) is 0 Å². The second kappa shape index (κ2) is 12.2. The van der Waals surface area contributed by atoms with E-state index < -0.39 is 35.9 Å². The highest BCUT2D eigenvalue weighted by Crippen LogP contribution is 2.24. The van der Waals surface area contributed by atoms with Gasteiger partial charge in [0.05, 0.1) is 18.0 Å². The first-order valence-corrected chi connectivity index (χ1v) is 13.3. The number of aliphatic carboxylic acids is 1. The molecular weight excluding hydrogens is 564 g/mol. The summed E-state index contributed by atoms with van der Waals surface area (Å²) >= 11 is 3.33. The number of aromatic nitrogens is 1. The maximum absolute atomic E-state index is 14.0. The molecule has 0 radical (unpaired) electrons. The molecule has 9 nitrogen and oxygen atoms in total. The number of carboxylic acids is 1. The number of nitrogens with zero attached hydrogens (tertiary/aromatic N) is 3. The molecule has 0 aliphatic carbocycles. The molecule has 0 bridgehead atoms. The predicted molar refractivity (Wildman–Crippen MR) is 148 cm³/mol. The van der Waals surface area contributed by atoms with Crippen molar-refractivity contribution in [3.8, 4) is 0 Å². The van der Waals surface area contributed by atoms with Crippen LogP contribution < -0.4 is 5.32 Å². The second-order valence-electron chi connectivity index (χ2n) is 9.56. The summed E-state index contributed by atoms with van der Waals surface area (Å²) in [5.41, 5.74) is 3.06. The van der Waals surface area contributed by atoms with Crippen molar-refractivity contribution >= 4 is 39.6 Å². The van der Waals surface area contributed by atoms with E-state index in [0.717, 1.165) is 11.1 Å². The quantitative estimate of drug-likeness (QED) is 0.426. The van der Waals surface area contributed by atoms with Crippen LogP contribution >= 0.6 is 15.9 Å². The minimum absolute atomic E-state index is 0.231. The van der Waals surface area contributed by atoms with Crippen LogP contribution in [0.1, 0.15) is 56.3 Å². The van der Waals surface area contributed by atoms with E-state index >= 15 is 0 Å². The molecule has 202 valence electrons. The fourth-order valence-electron chi connectivity index (χ4n) is 4.73. The van der Waals surface area contributed by atoms with E-state index in [-0.39, 0.29) is 25.1 Å². The van der Waals surface area contributed by atoms with Gasteiger partial charge in [-0.05, 0) is 60.0 Å². The van der Waals surface area contributed by atoms with Crippen molar-refractivity contribution in [1.82, 2.24) is 20.1 Å². The van der Waals surface area contributed by atoms with E-state index in [9.17, 15) is 24.3 Å². The van der Waals surface area contributed by atoms with Gasteiger partial charge in [-0.25, -0.2) is 0 Å². The number of halogens is 1. The van der Waals surface area contributed by atoms with Crippen molar-refractivity contribution in [1.29, 1.82) is 0 Å². The third kappa shape index (κ3) is 6.69. The molecule has 3 amide bonds. The Morgan fingerprint density at radius 2 is 1.59 bits per heavy atom. The molecule has 1 aliphatic rings. The number of hydrogen-bond acceptors (Lipinski definition) is 5. The highest BCUT2D eigenvalue weighted by Gasteiger charge is 2.41. The highest BCUT2D eigenvalue weighted by molar-refractivity contribution is 9.10. The van der Waals surface area contributed by atoms with Crippen molar-refractivity contribution in [2.45, 2.75) is 38.9 Å². The molecule has 1 aliphatic heterocycles. The molecule has 2 N–H and O–H groups in total. The van der Waals surface area contributed by atoms with Crippen molar-refractivity contribution < 1.29 is 24.3 Å². The average molecular weight is 593 g/mol. The van der Waals surface area contributed by atoms with Gasteiger partial charge in [0.25, 0.3) is 17.7 Å². The van der Waals surface area contributed by atoms with Gasteiger partial charge in [-0.1, -0.05) is 47.5 Å². The summed E-state index contributed by atoms with van der Waals surface area (Å²) in [4.78, 5) is 59.8. The molecule has 1 saturated heterocycles. The molecule has 2 atom stereocenters. The summed E-state index contributed by atoms with van der Waals surface area (Å²) in [6.45, 7) is 4.22. The lowest BCUT2D eigenvalue weighted by Crippen LogP contribution is -2.63. The predicted octanol–water partition coefficient (Wildman–Crippen LogP) is 4.11. The normalized spacial score (nSPS) is 15.9. The summed E-state index contributed by atoms with van der Waals surface area (Å²) in [6.07, 6.45) is 1.76. The van der Waals surface area contributed by atoms with Gasteiger partial charge in [0.2, 0.25) is 0 Å². The first kappa shape index (κ1) is 28.0. The van der Waals surface area contributed by atoms with Crippen LogP contribution in [0.5, 0.6) is 0 Å². The summed E-state index contributed by atoms with van der Waals surface area (Å²) in [6, 6.07) is 15.0. The fourth-order valence-corrected chi connectivity index (χ4v) is 5.10. The van der Waals surface area contributed by atoms with Gasteiger partial charge in [-0.2, -0.15) is 0 Å². The van der Waals surface area contributed by atoms with E-state index in [4.69, 9.17) is 0 Å². The topological polar surface area (TPSA) is 120 Å². The Hall–Kier alpha value is -4.05. The van der Waals surface area contributed by atoms with Gasteiger partial charge in [0.15, 0.2) is 6.17 Å². The van der Waals surface area contributed by atoms with E-state index in [1.54, 1.807) is 48.7 Å². The SMILES string of the molecule is Cc1cccc(C(=O)N2CCCN(C(=O)c3cncc(Br)c3)C2C(=O)NC(CC(=O)O)c2cccc(C)c2)c1. The van der Waals surface area contributed by atoms with Crippen molar-refractivity contribution in [3.63, 3.8) is 0 Å². The van der Waals surface area contributed by atoms with Gasteiger partial charge in [0, 0.05) is 35.5 Å². The average Bonchev–Trinajstić information content (AvgIpc) is 2.91. The molecule has 2 heterocycles. The summed E-state index contributed by atoms with van der Waals surface area (Å²) in [5, 5.41) is 12.4. The molecule has 4 rings (SSSR count). The summed E-state index contributed by atoms with van der Waals surface area (Å²) < 4.78 is 0.597. The maximum atomic E-state index is 14.0. The molecule has 1 aromatic heterocycles. The molecule has 10 heteroatoms. The number of carbonyl (C=O) groups is 4. The molecule has 39 heavy (non-hydrogen) atoms. The zero-order chi connectivity index (χ0) is 28.1. The Balaban J connectivity index is 1.73. The third-order valence-electron chi connectivity index (χ3n) is 6.50. The Kier molecular flexibility index (Phi) is 8.75. The minimum atomic E-state index is -1.29. The Labute approximate surface area is 235 Å². The molecule has 2 unspecified atom stereocenters. The number of benzene rings is 2. The first-order valence-electron chi connectivity index (χ1n) is 12.5. The number of pyridine rings is 1. The maximum Gasteiger partial charge on any atom is 0.305 e. The highest BCUT2D eigenvalue weighted by atomic mass is 79.9. The number of aryl methyl sites for hydroxylation is 2. The van der Waals surface area contributed by atoms with E-state index in [2.05, 4.69) is 26.2 Å². The summed E-state index contributed by atoms with van der Waals surface area (Å²) in [7, 11) is 0. The van der Waals surface area contributed by atoms with Crippen LogP contribution in [0.25, 0.3) is 0 Å². The van der Waals surface area contributed by atoms with Gasteiger partial charge < -0.3 is 20.2 Å². The third-order valence-corrected chi connectivity index (χ3v) is 6.93. The largest absolute Gasteiger partial charge is 0.481 e. The molecule has 1 fully saturated rings. The zero-order valence-corrected chi connectivity index (χ0v) is 23.2. The number of nitrogens with one attached hydrogen (secondary N) is 1. The summed E-state index contributed by atoms with van der Waals surface area (Å²) in [5.74, 6) is -2.59. The van der Waals surface area contributed by atoms with Crippen LogP contribution in [-0.4, -0.2) is 62.8 Å². The van der Waals surface area contributed by atoms with Crippen LogP contribution in [-0.2, 0) is 9.59 Å². The van der Waals surface area contributed by atoms with E-state index in [0.29, 0.717) is 22.0 Å². The number of amides is 3. The van der Waals surface area contributed by atoms with Gasteiger partial charge in [-0.3, -0.25) is 24.2 Å². The monoisotopic (exact) mass is 592 g/mol. The first-order chi connectivity index (χ1) is 18.6. The lowest BCUT2D eigenvalue weighted by Gasteiger charge is -2.43. The number of carboxylic acid groups (broad SMARTS) is 1. The van der Waals surface area contributed by atoms with Crippen molar-refractivity contribution in [3.05, 3.63) is 99.3 Å². The molecule has 0 spiro atoms. The second-order valence-corrected chi connectivity index (χ2v) is 10.5. The lowest BCUT2D eigenvalue weighted by molar-refractivity contribution is -0.138. The number of hydrogen-bond donors (Lipinski definition) is 2. The van der Waals surface area contributed by atoms with E-state index in [1.807, 2.05) is 26.0 Å². The lowest BCUT2D eigenvalue weighted by atomic mass is 10.0. The smallest absolute Gasteiger partial charge is 0.305 e. The van der Waals surface area contributed by atoms with Crippen LogP contribution in [0, 0.1) is 13.8 Å². The van der Waals surface area contributed by atoms with Crippen LogP contribution in [0.15, 0.2) is 71.5 Å². The molecule has 3 aromatic rings. The Morgan fingerprint density at radius 3 is 2.21 bits per heavy atom.